The average Bonchev–Trinajstić information content (AvgIpc) is 2.37. The Kier molecular flexibility index (Phi) is 4.28. The number of nitrogens with two attached hydrogens (primary N) is 1. The fourth-order valence-corrected chi connectivity index (χ4v) is 3.31. The molecule has 0 aromatic rings. The lowest BCUT2D eigenvalue weighted by Gasteiger charge is -2.47. The Bertz CT molecular complexity index is 308. The van der Waals surface area contributed by atoms with Crippen LogP contribution in [0.1, 0.15) is 45.4 Å². The minimum atomic E-state index is -0.492. The average molecular weight is 254 g/mol. The van der Waals surface area contributed by atoms with Crippen LogP contribution in [0.2, 0.25) is 0 Å². The Morgan fingerprint density at radius 1 is 1.50 bits per heavy atom. The van der Waals surface area contributed by atoms with E-state index in [9.17, 15) is 9.90 Å². The fraction of sp³-hybridized carbons (Fsp3) is 0.929. The fourth-order valence-electron chi connectivity index (χ4n) is 3.31. The first kappa shape index (κ1) is 13.8. The summed E-state index contributed by atoms with van der Waals surface area (Å²) in [5, 5.41) is 10.6. The molecule has 0 spiro atoms. The molecule has 1 heterocycles. The Morgan fingerprint density at radius 2 is 2.28 bits per heavy atom. The molecule has 0 bridgehead atoms. The molecule has 4 nitrogen and oxygen atoms in total. The Hall–Kier alpha value is -0.610. The standard InChI is InChI=1S/C14H26N2O2/c1-11(9-15)8-13(17)16-7-6-14(18)5-3-2-4-12(14)10-16/h11-12,18H,2-10,15H2,1H3. The highest BCUT2D eigenvalue weighted by Crippen LogP contribution is 2.39. The van der Waals surface area contributed by atoms with Gasteiger partial charge in [-0.25, -0.2) is 0 Å². The van der Waals surface area contributed by atoms with Gasteiger partial charge in [0.2, 0.25) is 5.91 Å². The second kappa shape index (κ2) is 5.57. The molecular weight excluding hydrogens is 228 g/mol. The first-order chi connectivity index (χ1) is 8.55. The predicted molar refractivity (Wildman–Crippen MR) is 70.9 cm³/mol. The topological polar surface area (TPSA) is 66.6 Å². The number of likely N-dealkylation sites (tertiary alicyclic amines) is 1. The highest BCUT2D eigenvalue weighted by molar-refractivity contribution is 5.76. The summed E-state index contributed by atoms with van der Waals surface area (Å²) >= 11 is 0. The maximum Gasteiger partial charge on any atom is 0.222 e. The van der Waals surface area contributed by atoms with Gasteiger partial charge in [0.05, 0.1) is 5.60 Å². The molecule has 0 aromatic carbocycles. The molecule has 1 saturated carbocycles. The van der Waals surface area contributed by atoms with Gasteiger partial charge >= 0.3 is 0 Å². The summed E-state index contributed by atoms with van der Waals surface area (Å²) in [5.74, 6) is 0.752. The van der Waals surface area contributed by atoms with E-state index in [1.165, 1.54) is 6.42 Å². The highest BCUT2D eigenvalue weighted by atomic mass is 16.3. The van der Waals surface area contributed by atoms with Crippen molar-refractivity contribution in [3.8, 4) is 0 Å². The van der Waals surface area contributed by atoms with Gasteiger partial charge in [-0.05, 0) is 31.7 Å². The van der Waals surface area contributed by atoms with Crippen molar-refractivity contribution < 1.29 is 9.90 Å². The molecule has 0 radical (unpaired) electrons. The number of aliphatic hydroxyl groups is 1. The molecule has 1 saturated heterocycles. The third-order valence-corrected chi connectivity index (χ3v) is 4.71. The number of hydrogen-bond donors (Lipinski definition) is 2. The van der Waals surface area contributed by atoms with Crippen LogP contribution in [-0.2, 0) is 4.79 Å². The molecule has 2 rings (SSSR count). The summed E-state index contributed by atoms with van der Waals surface area (Å²) in [6.07, 6.45) is 5.59. The van der Waals surface area contributed by atoms with E-state index < -0.39 is 5.60 Å². The van der Waals surface area contributed by atoms with Gasteiger partial charge < -0.3 is 15.7 Å². The molecule has 1 aliphatic heterocycles. The molecule has 0 aromatic heterocycles. The van der Waals surface area contributed by atoms with Crippen LogP contribution in [0.3, 0.4) is 0 Å². The van der Waals surface area contributed by atoms with E-state index in [0.29, 0.717) is 19.5 Å². The lowest BCUT2D eigenvalue weighted by molar-refractivity contribution is -0.144. The molecular formula is C14H26N2O2. The molecule has 18 heavy (non-hydrogen) atoms. The zero-order valence-corrected chi connectivity index (χ0v) is 11.4. The summed E-state index contributed by atoms with van der Waals surface area (Å²) < 4.78 is 0. The van der Waals surface area contributed by atoms with Crippen molar-refractivity contribution in [3.05, 3.63) is 0 Å². The van der Waals surface area contributed by atoms with Gasteiger partial charge in [-0.2, -0.15) is 0 Å². The van der Waals surface area contributed by atoms with Crippen LogP contribution >= 0.6 is 0 Å². The highest BCUT2D eigenvalue weighted by Gasteiger charge is 2.43. The minimum absolute atomic E-state index is 0.209. The van der Waals surface area contributed by atoms with Gasteiger partial charge in [0.1, 0.15) is 0 Å². The van der Waals surface area contributed by atoms with Crippen molar-refractivity contribution in [2.24, 2.45) is 17.6 Å². The van der Waals surface area contributed by atoms with Gasteiger partial charge in [0, 0.05) is 25.4 Å². The van der Waals surface area contributed by atoms with Crippen molar-refractivity contribution in [2.45, 2.75) is 51.0 Å². The third kappa shape index (κ3) is 2.86. The molecule has 2 aliphatic rings. The number of piperidine rings is 1. The maximum absolute atomic E-state index is 12.1. The van der Waals surface area contributed by atoms with Gasteiger partial charge in [0.15, 0.2) is 0 Å². The molecule has 3 N–H and O–H groups in total. The van der Waals surface area contributed by atoms with Gasteiger partial charge in [-0.15, -0.1) is 0 Å². The monoisotopic (exact) mass is 254 g/mol. The second-order valence-corrected chi connectivity index (χ2v) is 6.18. The maximum atomic E-state index is 12.1. The van der Waals surface area contributed by atoms with E-state index in [-0.39, 0.29) is 17.7 Å². The molecule has 1 aliphatic carbocycles. The predicted octanol–water partition coefficient (Wildman–Crippen LogP) is 1.12. The van der Waals surface area contributed by atoms with E-state index in [1.54, 1.807) is 0 Å². The number of hydrogen-bond acceptors (Lipinski definition) is 3. The van der Waals surface area contributed by atoms with Crippen LogP contribution in [0.4, 0.5) is 0 Å². The third-order valence-electron chi connectivity index (χ3n) is 4.71. The summed E-state index contributed by atoms with van der Waals surface area (Å²) in [6, 6.07) is 0. The summed E-state index contributed by atoms with van der Waals surface area (Å²) in [4.78, 5) is 14.1. The van der Waals surface area contributed by atoms with Crippen molar-refractivity contribution in [1.82, 2.24) is 4.90 Å². The zero-order chi connectivity index (χ0) is 13.2. The lowest BCUT2D eigenvalue weighted by Crippen LogP contribution is -2.54. The summed E-state index contributed by atoms with van der Waals surface area (Å²) in [6.45, 7) is 4.03. The first-order valence-corrected chi connectivity index (χ1v) is 7.25. The molecule has 1 amide bonds. The van der Waals surface area contributed by atoms with Crippen LogP contribution in [-0.4, -0.2) is 41.1 Å². The van der Waals surface area contributed by atoms with Crippen LogP contribution in [0.5, 0.6) is 0 Å². The van der Waals surface area contributed by atoms with Gasteiger partial charge in [-0.1, -0.05) is 19.8 Å². The Balaban J connectivity index is 1.92. The van der Waals surface area contributed by atoms with E-state index in [2.05, 4.69) is 0 Å². The van der Waals surface area contributed by atoms with Crippen LogP contribution < -0.4 is 5.73 Å². The minimum Gasteiger partial charge on any atom is -0.389 e. The van der Waals surface area contributed by atoms with E-state index in [1.807, 2.05) is 11.8 Å². The number of rotatable bonds is 3. The van der Waals surface area contributed by atoms with Crippen molar-refractivity contribution >= 4 is 5.91 Å². The van der Waals surface area contributed by atoms with Gasteiger partial charge in [0.25, 0.3) is 0 Å². The number of fused-ring (bicyclic) bond motifs is 1. The van der Waals surface area contributed by atoms with E-state index >= 15 is 0 Å². The molecule has 3 atom stereocenters. The Labute approximate surface area is 110 Å². The van der Waals surface area contributed by atoms with Crippen molar-refractivity contribution in [1.29, 1.82) is 0 Å². The summed E-state index contributed by atoms with van der Waals surface area (Å²) in [5.41, 5.74) is 5.07. The zero-order valence-electron chi connectivity index (χ0n) is 11.4. The lowest BCUT2D eigenvalue weighted by atomic mass is 9.71. The molecule has 2 fully saturated rings. The van der Waals surface area contributed by atoms with Gasteiger partial charge in [-0.3, -0.25) is 4.79 Å². The number of carbonyl (C=O) groups is 1. The quantitative estimate of drug-likeness (QED) is 0.793. The van der Waals surface area contributed by atoms with E-state index in [4.69, 9.17) is 5.73 Å². The van der Waals surface area contributed by atoms with Crippen LogP contribution in [0.15, 0.2) is 0 Å². The summed E-state index contributed by atoms with van der Waals surface area (Å²) in [7, 11) is 0. The Morgan fingerprint density at radius 3 is 3.00 bits per heavy atom. The number of carbonyl (C=O) groups excluding carboxylic acids is 1. The molecule has 3 unspecified atom stereocenters. The molecule has 104 valence electrons. The molecule has 4 heteroatoms. The van der Waals surface area contributed by atoms with Crippen LogP contribution in [0.25, 0.3) is 0 Å². The van der Waals surface area contributed by atoms with Crippen molar-refractivity contribution in [3.63, 3.8) is 0 Å². The normalized spacial score (nSPS) is 33.9. The largest absolute Gasteiger partial charge is 0.389 e. The number of amides is 1. The van der Waals surface area contributed by atoms with E-state index in [0.717, 1.165) is 32.2 Å². The van der Waals surface area contributed by atoms with Crippen molar-refractivity contribution in [2.75, 3.05) is 19.6 Å². The SMILES string of the molecule is CC(CN)CC(=O)N1CCC2(O)CCCCC2C1. The number of nitrogens with zero attached hydrogens (tertiary/aromatic N) is 1. The smallest absolute Gasteiger partial charge is 0.222 e. The van der Waals surface area contributed by atoms with Crippen LogP contribution in [0, 0.1) is 11.8 Å². The first-order valence-electron chi connectivity index (χ1n) is 7.25. The second-order valence-electron chi connectivity index (χ2n) is 6.18.